The van der Waals surface area contributed by atoms with Crippen molar-refractivity contribution in [2.24, 2.45) is 11.3 Å². The van der Waals surface area contributed by atoms with Gasteiger partial charge in [0.15, 0.2) is 0 Å². The first-order chi connectivity index (χ1) is 12.2. The Kier molecular flexibility index (Phi) is 4.67. The van der Waals surface area contributed by atoms with Crippen LogP contribution in [0.1, 0.15) is 50.3 Å². The molecular formula is C20H30N4O. The molecule has 4 rings (SSSR count). The second kappa shape index (κ2) is 6.94. The number of hydrogen-bond donors (Lipinski definition) is 1. The summed E-state index contributed by atoms with van der Waals surface area (Å²) < 4.78 is 0. The standard InChI is InChI=1S/C20H30N4O/c1-23(18(16-7-8-16)17-6-2-3-11-21-17)19(25)22-14-20(9-10-20)15-24-12-4-5-13-24/h2-3,6,11,16,18H,4-5,7-10,12-15H2,1H3,(H,22,25)/t18-/m1/s1. The maximum atomic E-state index is 12.8. The molecule has 1 aromatic rings. The zero-order chi connectivity index (χ0) is 17.3. The van der Waals surface area contributed by atoms with Gasteiger partial charge in [-0.05, 0) is 69.7 Å². The smallest absolute Gasteiger partial charge is 0.317 e. The molecule has 2 heterocycles. The minimum absolute atomic E-state index is 0.0512. The van der Waals surface area contributed by atoms with Gasteiger partial charge in [0.25, 0.3) is 0 Å². The van der Waals surface area contributed by atoms with Crippen LogP contribution >= 0.6 is 0 Å². The Morgan fingerprint density at radius 1 is 1.36 bits per heavy atom. The molecule has 5 heteroatoms. The fourth-order valence-corrected chi connectivity index (χ4v) is 4.22. The predicted octanol–water partition coefficient (Wildman–Crippen LogP) is 3.05. The van der Waals surface area contributed by atoms with Crippen LogP contribution in [0.3, 0.4) is 0 Å². The fourth-order valence-electron chi connectivity index (χ4n) is 4.22. The molecule has 0 aromatic carbocycles. The summed E-state index contributed by atoms with van der Waals surface area (Å²) in [5.74, 6) is 0.560. The van der Waals surface area contributed by atoms with E-state index < -0.39 is 0 Å². The lowest BCUT2D eigenvalue weighted by atomic mass is 10.1. The highest BCUT2D eigenvalue weighted by Gasteiger charge is 2.45. The van der Waals surface area contributed by atoms with E-state index in [1.54, 1.807) is 0 Å². The van der Waals surface area contributed by atoms with E-state index in [2.05, 4.69) is 15.2 Å². The molecule has 136 valence electrons. The number of rotatable bonds is 7. The molecule has 1 saturated heterocycles. The van der Waals surface area contributed by atoms with Gasteiger partial charge in [0.1, 0.15) is 0 Å². The fraction of sp³-hybridized carbons (Fsp3) is 0.700. The topological polar surface area (TPSA) is 48.5 Å². The Balaban J connectivity index is 1.33. The Bertz CT molecular complexity index is 591. The Morgan fingerprint density at radius 3 is 2.72 bits per heavy atom. The van der Waals surface area contributed by atoms with E-state index in [0.717, 1.165) is 18.8 Å². The number of nitrogens with one attached hydrogen (secondary N) is 1. The van der Waals surface area contributed by atoms with Gasteiger partial charge in [-0.1, -0.05) is 6.07 Å². The molecule has 3 fully saturated rings. The van der Waals surface area contributed by atoms with Gasteiger partial charge in [0, 0.05) is 31.7 Å². The van der Waals surface area contributed by atoms with E-state index in [0.29, 0.717) is 11.3 Å². The van der Waals surface area contributed by atoms with Crippen molar-refractivity contribution in [1.29, 1.82) is 0 Å². The Labute approximate surface area is 150 Å². The molecule has 2 saturated carbocycles. The molecule has 5 nitrogen and oxygen atoms in total. The summed E-state index contributed by atoms with van der Waals surface area (Å²) >= 11 is 0. The normalized spacial score (nSPS) is 23.2. The third kappa shape index (κ3) is 3.97. The number of nitrogens with zero attached hydrogens (tertiary/aromatic N) is 3. The van der Waals surface area contributed by atoms with Crippen molar-refractivity contribution in [2.75, 3.05) is 33.2 Å². The maximum Gasteiger partial charge on any atom is 0.317 e. The molecule has 0 unspecified atom stereocenters. The van der Waals surface area contributed by atoms with Gasteiger partial charge in [-0.25, -0.2) is 4.79 Å². The van der Waals surface area contributed by atoms with Crippen molar-refractivity contribution in [3.63, 3.8) is 0 Å². The molecule has 0 spiro atoms. The van der Waals surface area contributed by atoms with Crippen molar-refractivity contribution >= 4 is 6.03 Å². The molecule has 1 atom stereocenters. The molecule has 1 N–H and O–H groups in total. The van der Waals surface area contributed by atoms with Crippen molar-refractivity contribution in [3.05, 3.63) is 30.1 Å². The van der Waals surface area contributed by atoms with Gasteiger partial charge in [-0.3, -0.25) is 4.98 Å². The Morgan fingerprint density at radius 2 is 2.12 bits per heavy atom. The first-order valence-electron chi connectivity index (χ1n) is 9.81. The van der Waals surface area contributed by atoms with Crippen LogP contribution < -0.4 is 5.32 Å². The number of amides is 2. The molecule has 0 bridgehead atoms. The summed E-state index contributed by atoms with van der Waals surface area (Å²) in [5.41, 5.74) is 1.35. The second-order valence-electron chi connectivity index (χ2n) is 8.29. The van der Waals surface area contributed by atoms with E-state index in [1.165, 1.54) is 51.6 Å². The van der Waals surface area contributed by atoms with E-state index in [-0.39, 0.29) is 12.1 Å². The monoisotopic (exact) mass is 342 g/mol. The van der Waals surface area contributed by atoms with Gasteiger partial charge in [0.2, 0.25) is 0 Å². The SMILES string of the molecule is CN(C(=O)NCC1(CN2CCCC2)CC1)[C@@H](c1ccccn1)C1CC1. The molecule has 25 heavy (non-hydrogen) atoms. The number of urea groups is 1. The van der Waals surface area contributed by atoms with E-state index in [1.807, 2.05) is 36.3 Å². The molecule has 2 aliphatic carbocycles. The number of hydrogen-bond acceptors (Lipinski definition) is 3. The van der Waals surface area contributed by atoms with Crippen LogP contribution in [0.2, 0.25) is 0 Å². The zero-order valence-electron chi connectivity index (χ0n) is 15.3. The third-order valence-corrected chi connectivity index (χ3v) is 6.13. The summed E-state index contributed by atoms with van der Waals surface area (Å²) in [6, 6.07) is 6.15. The van der Waals surface area contributed by atoms with Crippen LogP contribution in [0.25, 0.3) is 0 Å². The number of carbonyl (C=O) groups excluding carboxylic acids is 1. The van der Waals surface area contributed by atoms with Crippen LogP contribution in [0.15, 0.2) is 24.4 Å². The largest absolute Gasteiger partial charge is 0.337 e. The summed E-state index contributed by atoms with van der Waals surface area (Å²) in [5, 5.41) is 3.22. The molecule has 1 aliphatic heterocycles. The lowest BCUT2D eigenvalue weighted by Gasteiger charge is -2.29. The second-order valence-corrected chi connectivity index (χ2v) is 8.29. The minimum atomic E-state index is 0.0512. The van der Waals surface area contributed by atoms with E-state index in [9.17, 15) is 4.79 Å². The van der Waals surface area contributed by atoms with Gasteiger partial charge in [-0.2, -0.15) is 0 Å². The van der Waals surface area contributed by atoms with Gasteiger partial charge in [0.05, 0.1) is 11.7 Å². The van der Waals surface area contributed by atoms with Gasteiger partial charge >= 0.3 is 6.03 Å². The van der Waals surface area contributed by atoms with Crippen LogP contribution in [0, 0.1) is 11.3 Å². The highest BCUT2D eigenvalue weighted by Crippen LogP contribution is 2.46. The van der Waals surface area contributed by atoms with Crippen LogP contribution in [-0.4, -0.2) is 54.0 Å². The number of pyridine rings is 1. The lowest BCUT2D eigenvalue weighted by Crippen LogP contribution is -2.44. The molecular weight excluding hydrogens is 312 g/mol. The Hall–Kier alpha value is -1.62. The van der Waals surface area contributed by atoms with E-state index >= 15 is 0 Å². The number of carbonyl (C=O) groups is 1. The highest BCUT2D eigenvalue weighted by atomic mass is 16.2. The summed E-state index contributed by atoms with van der Waals surface area (Å²) in [6.07, 6.45) is 9.37. The van der Waals surface area contributed by atoms with Crippen LogP contribution in [-0.2, 0) is 0 Å². The quantitative estimate of drug-likeness (QED) is 0.828. The summed E-state index contributed by atoms with van der Waals surface area (Å²) in [7, 11) is 1.92. The van der Waals surface area contributed by atoms with Crippen molar-refractivity contribution < 1.29 is 4.79 Å². The first-order valence-corrected chi connectivity index (χ1v) is 9.81. The average Bonchev–Trinajstić information content (AvgIpc) is 3.55. The minimum Gasteiger partial charge on any atom is -0.337 e. The number of aromatic nitrogens is 1. The van der Waals surface area contributed by atoms with E-state index in [4.69, 9.17) is 0 Å². The molecule has 1 aromatic heterocycles. The lowest BCUT2D eigenvalue weighted by molar-refractivity contribution is 0.176. The van der Waals surface area contributed by atoms with Crippen molar-refractivity contribution in [2.45, 2.75) is 44.6 Å². The number of likely N-dealkylation sites (tertiary alicyclic amines) is 1. The summed E-state index contributed by atoms with van der Waals surface area (Å²) in [6.45, 7) is 4.44. The molecule has 0 radical (unpaired) electrons. The predicted molar refractivity (Wildman–Crippen MR) is 98.2 cm³/mol. The highest BCUT2D eigenvalue weighted by molar-refractivity contribution is 5.74. The van der Waals surface area contributed by atoms with Gasteiger partial charge in [-0.15, -0.1) is 0 Å². The third-order valence-electron chi connectivity index (χ3n) is 6.13. The van der Waals surface area contributed by atoms with Crippen LogP contribution in [0.4, 0.5) is 4.79 Å². The van der Waals surface area contributed by atoms with Crippen LogP contribution in [0.5, 0.6) is 0 Å². The van der Waals surface area contributed by atoms with Crippen molar-refractivity contribution in [1.82, 2.24) is 20.1 Å². The molecule has 2 amide bonds. The first kappa shape index (κ1) is 16.8. The zero-order valence-corrected chi connectivity index (χ0v) is 15.3. The summed E-state index contributed by atoms with van der Waals surface area (Å²) in [4.78, 5) is 21.7. The molecule has 3 aliphatic rings. The van der Waals surface area contributed by atoms with Crippen molar-refractivity contribution in [3.8, 4) is 0 Å². The maximum absolute atomic E-state index is 12.8. The average molecular weight is 342 g/mol. The van der Waals surface area contributed by atoms with Gasteiger partial charge < -0.3 is 15.1 Å².